The van der Waals surface area contributed by atoms with Gasteiger partial charge in [0.1, 0.15) is 6.04 Å². The molecule has 5 rings (SSSR count). The largest absolute Gasteiger partial charge is 0.337 e. The Hall–Kier alpha value is -3.73. The first kappa shape index (κ1) is 21.1. The zero-order valence-corrected chi connectivity index (χ0v) is 18.8. The Morgan fingerprint density at radius 2 is 1.55 bits per heavy atom. The van der Waals surface area contributed by atoms with Gasteiger partial charge in [0.05, 0.1) is 6.20 Å². The van der Waals surface area contributed by atoms with Gasteiger partial charge in [0.15, 0.2) is 5.69 Å². The van der Waals surface area contributed by atoms with Gasteiger partial charge in [-0.15, -0.1) is 5.10 Å². The average Bonchev–Trinajstić information content (AvgIpc) is 3.35. The molecule has 1 aliphatic heterocycles. The van der Waals surface area contributed by atoms with Gasteiger partial charge in [-0.2, -0.15) is 0 Å². The lowest BCUT2D eigenvalue weighted by Crippen LogP contribution is -2.39. The standard InChI is InChI=1S/C28H28N4O/c1-21-11-8-9-17-25(21)24-16-10-18-31(19-24)28(33)26-20-32(30-29-26)27(22-12-4-2-5-13-22)23-14-6-3-7-15-23/h2-9,11-15,17,20,24,27H,10,16,18-19H2,1H3/t24-/m0/s1. The molecule has 0 aliphatic carbocycles. The van der Waals surface area contributed by atoms with Crippen molar-refractivity contribution in [1.29, 1.82) is 0 Å². The van der Waals surface area contributed by atoms with E-state index < -0.39 is 0 Å². The van der Waals surface area contributed by atoms with Crippen molar-refractivity contribution in [3.8, 4) is 0 Å². The van der Waals surface area contributed by atoms with E-state index in [1.165, 1.54) is 11.1 Å². The Bertz CT molecular complexity index is 1180. The van der Waals surface area contributed by atoms with Crippen LogP contribution in [0.3, 0.4) is 0 Å². The lowest BCUT2D eigenvalue weighted by molar-refractivity contribution is 0.0700. The minimum atomic E-state index is -0.137. The fourth-order valence-electron chi connectivity index (χ4n) is 4.89. The summed E-state index contributed by atoms with van der Waals surface area (Å²) in [6, 6.07) is 28.8. The highest BCUT2D eigenvalue weighted by Gasteiger charge is 2.28. The van der Waals surface area contributed by atoms with E-state index in [2.05, 4.69) is 65.8 Å². The maximum Gasteiger partial charge on any atom is 0.276 e. The molecule has 166 valence electrons. The van der Waals surface area contributed by atoms with Crippen LogP contribution < -0.4 is 0 Å². The molecule has 0 spiro atoms. The summed E-state index contributed by atoms with van der Waals surface area (Å²) in [5.74, 6) is 0.319. The number of nitrogens with zero attached hydrogens (tertiary/aromatic N) is 4. The quantitative estimate of drug-likeness (QED) is 0.430. The molecule has 1 fully saturated rings. The number of hydrogen-bond donors (Lipinski definition) is 0. The molecule has 0 saturated carbocycles. The number of carbonyl (C=O) groups excluding carboxylic acids is 1. The van der Waals surface area contributed by atoms with E-state index in [0.29, 0.717) is 11.6 Å². The van der Waals surface area contributed by atoms with Crippen LogP contribution in [0.1, 0.15) is 57.5 Å². The second kappa shape index (κ2) is 9.41. The molecule has 2 heterocycles. The lowest BCUT2D eigenvalue weighted by Gasteiger charge is -2.33. The second-order valence-electron chi connectivity index (χ2n) is 8.75. The van der Waals surface area contributed by atoms with Crippen molar-refractivity contribution in [1.82, 2.24) is 19.9 Å². The first-order chi connectivity index (χ1) is 16.2. The molecule has 0 radical (unpaired) electrons. The summed E-state index contributed by atoms with van der Waals surface area (Å²) in [5.41, 5.74) is 5.23. The summed E-state index contributed by atoms with van der Waals surface area (Å²) in [6.45, 7) is 3.63. The predicted octanol–water partition coefficient (Wildman–Crippen LogP) is 5.24. The normalized spacial score (nSPS) is 16.2. The molecule has 1 saturated heterocycles. The van der Waals surface area contributed by atoms with Gasteiger partial charge in [-0.05, 0) is 42.0 Å². The first-order valence-electron chi connectivity index (χ1n) is 11.6. The number of likely N-dealkylation sites (tertiary alicyclic amines) is 1. The van der Waals surface area contributed by atoms with Crippen molar-refractivity contribution in [3.05, 3.63) is 119 Å². The molecule has 0 bridgehead atoms. The van der Waals surface area contributed by atoms with Crippen molar-refractivity contribution in [2.75, 3.05) is 13.1 Å². The van der Waals surface area contributed by atoms with Crippen molar-refractivity contribution >= 4 is 5.91 Å². The summed E-state index contributed by atoms with van der Waals surface area (Å²) in [5, 5.41) is 8.70. The Balaban J connectivity index is 1.40. The maximum absolute atomic E-state index is 13.4. The highest BCUT2D eigenvalue weighted by atomic mass is 16.2. The zero-order valence-electron chi connectivity index (χ0n) is 18.8. The van der Waals surface area contributed by atoms with Gasteiger partial charge in [-0.25, -0.2) is 4.68 Å². The fraction of sp³-hybridized carbons (Fsp3) is 0.250. The molecule has 0 unspecified atom stereocenters. The monoisotopic (exact) mass is 436 g/mol. The van der Waals surface area contributed by atoms with Gasteiger partial charge < -0.3 is 4.90 Å². The third-order valence-corrected chi connectivity index (χ3v) is 6.56. The van der Waals surface area contributed by atoms with E-state index in [1.54, 1.807) is 10.9 Å². The number of aromatic nitrogens is 3. The summed E-state index contributed by atoms with van der Waals surface area (Å²) in [7, 11) is 0. The molecule has 3 aromatic carbocycles. The van der Waals surface area contributed by atoms with Crippen LogP contribution in [0, 0.1) is 6.92 Å². The summed E-state index contributed by atoms with van der Waals surface area (Å²) in [6.07, 6.45) is 3.89. The van der Waals surface area contributed by atoms with Crippen LogP contribution in [0.25, 0.3) is 0 Å². The van der Waals surface area contributed by atoms with Crippen LogP contribution in [0.15, 0.2) is 91.1 Å². The fourth-order valence-corrected chi connectivity index (χ4v) is 4.89. The number of amides is 1. The molecular formula is C28H28N4O. The Labute approximate surface area is 194 Å². The van der Waals surface area contributed by atoms with E-state index in [1.807, 2.05) is 41.3 Å². The van der Waals surface area contributed by atoms with Crippen LogP contribution in [-0.2, 0) is 0 Å². The van der Waals surface area contributed by atoms with E-state index in [4.69, 9.17) is 0 Å². The summed E-state index contributed by atoms with van der Waals surface area (Å²) in [4.78, 5) is 15.3. The van der Waals surface area contributed by atoms with Gasteiger partial charge in [0, 0.05) is 19.0 Å². The maximum atomic E-state index is 13.4. The molecule has 1 aromatic heterocycles. The molecule has 1 aliphatic rings. The van der Waals surface area contributed by atoms with E-state index in [0.717, 1.165) is 37.1 Å². The first-order valence-corrected chi connectivity index (χ1v) is 11.6. The van der Waals surface area contributed by atoms with Gasteiger partial charge >= 0.3 is 0 Å². The van der Waals surface area contributed by atoms with Crippen LogP contribution in [-0.4, -0.2) is 38.9 Å². The number of carbonyl (C=O) groups is 1. The molecular weight excluding hydrogens is 408 g/mol. The van der Waals surface area contributed by atoms with E-state index in [-0.39, 0.29) is 11.9 Å². The molecule has 33 heavy (non-hydrogen) atoms. The number of benzene rings is 3. The van der Waals surface area contributed by atoms with Gasteiger partial charge in [-0.3, -0.25) is 4.79 Å². The Morgan fingerprint density at radius 3 is 2.21 bits per heavy atom. The van der Waals surface area contributed by atoms with E-state index >= 15 is 0 Å². The topological polar surface area (TPSA) is 51.0 Å². The molecule has 5 heteroatoms. The Kier molecular flexibility index (Phi) is 6.03. The third kappa shape index (κ3) is 4.44. The molecule has 0 N–H and O–H groups in total. The molecule has 1 atom stereocenters. The van der Waals surface area contributed by atoms with Crippen LogP contribution >= 0.6 is 0 Å². The summed E-state index contributed by atoms with van der Waals surface area (Å²) >= 11 is 0. The van der Waals surface area contributed by atoms with Crippen molar-refractivity contribution in [2.24, 2.45) is 0 Å². The van der Waals surface area contributed by atoms with Crippen molar-refractivity contribution in [2.45, 2.75) is 31.7 Å². The molecule has 5 nitrogen and oxygen atoms in total. The average molecular weight is 437 g/mol. The van der Waals surface area contributed by atoms with Crippen molar-refractivity contribution < 1.29 is 4.79 Å². The van der Waals surface area contributed by atoms with Gasteiger partial charge in [-0.1, -0.05) is 90.1 Å². The van der Waals surface area contributed by atoms with Gasteiger partial charge in [0.2, 0.25) is 0 Å². The lowest BCUT2D eigenvalue weighted by atomic mass is 9.88. The Morgan fingerprint density at radius 1 is 0.909 bits per heavy atom. The number of aryl methyl sites for hydroxylation is 1. The SMILES string of the molecule is Cc1ccccc1[C@H]1CCCN(C(=O)c2cn(C(c3ccccc3)c3ccccc3)nn2)C1. The highest BCUT2D eigenvalue weighted by Crippen LogP contribution is 2.30. The predicted molar refractivity (Wildman–Crippen MR) is 129 cm³/mol. The van der Waals surface area contributed by atoms with Crippen molar-refractivity contribution in [3.63, 3.8) is 0 Å². The molecule has 1 amide bonds. The zero-order chi connectivity index (χ0) is 22.6. The van der Waals surface area contributed by atoms with Crippen LogP contribution in [0.5, 0.6) is 0 Å². The highest BCUT2D eigenvalue weighted by molar-refractivity contribution is 5.92. The molecule has 4 aromatic rings. The number of piperidine rings is 1. The van der Waals surface area contributed by atoms with Crippen LogP contribution in [0.4, 0.5) is 0 Å². The summed E-state index contributed by atoms with van der Waals surface area (Å²) < 4.78 is 1.81. The second-order valence-corrected chi connectivity index (χ2v) is 8.75. The minimum absolute atomic E-state index is 0.0422. The smallest absolute Gasteiger partial charge is 0.276 e. The van der Waals surface area contributed by atoms with Gasteiger partial charge in [0.25, 0.3) is 5.91 Å². The van der Waals surface area contributed by atoms with Crippen LogP contribution in [0.2, 0.25) is 0 Å². The minimum Gasteiger partial charge on any atom is -0.337 e. The third-order valence-electron chi connectivity index (χ3n) is 6.56. The number of rotatable bonds is 5. The van der Waals surface area contributed by atoms with E-state index in [9.17, 15) is 4.79 Å². The number of hydrogen-bond acceptors (Lipinski definition) is 3.